The molecule has 3 aromatic rings. The van der Waals surface area contributed by atoms with Gasteiger partial charge in [0.05, 0.1) is 5.69 Å². The van der Waals surface area contributed by atoms with Crippen LogP contribution in [0.3, 0.4) is 0 Å². The van der Waals surface area contributed by atoms with Crippen LogP contribution in [-0.4, -0.2) is 12.5 Å². The monoisotopic (exact) mass is 407 g/mol. The number of nitrogens with one attached hydrogen (secondary N) is 1. The van der Waals surface area contributed by atoms with Crippen molar-refractivity contribution in [1.82, 2.24) is 0 Å². The van der Waals surface area contributed by atoms with E-state index in [2.05, 4.69) is 10.1 Å². The number of benzene rings is 2. The summed E-state index contributed by atoms with van der Waals surface area (Å²) in [6, 6.07) is 14.4. The number of carbonyl (C=O) groups is 1. The Labute approximate surface area is 164 Å². The first kappa shape index (κ1) is 19.7. The molecule has 28 heavy (non-hydrogen) atoms. The largest absolute Gasteiger partial charge is 0.486 e. The lowest BCUT2D eigenvalue weighted by Crippen LogP contribution is -2.13. The fourth-order valence-electron chi connectivity index (χ4n) is 2.41. The molecule has 1 aromatic heterocycles. The van der Waals surface area contributed by atoms with Gasteiger partial charge in [-0.3, -0.25) is 4.79 Å². The Morgan fingerprint density at radius 2 is 2.00 bits per heavy atom. The van der Waals surface area contributed by atoms with Gasteiger partial charge in [0, 0.05) is 5.02 Å². The van der Waals surface area contributed by atoms with Crippen molar-refractivity contribution >= 4 is 23.2 Å². The highest BCUT2D eigenvalue weighted by Crippen LogP contribution is 2.28. The zero-order chi connectivity index (χ0) is 20.1. The van der Waals surface area contributed by atoms with Crippen LogP contribution in [0.25, 0.3) is 0 Å². The van der Waals surface area contributed by atoms with Crippen LogP contribution in [0.2, 0.25) is 5.02 Å². The minimum Gasteiger partial charge on any atom is -0.486 e. The van der Waals surface area contributed by atoms with Gasteiger partial charge >= 0.3 is 6.61 Å². The van der Waals surface area contributed by atoms with Crippen LogP contribution >= 0.6 is 11.6 Å². The SMILES string of the molecule is Cc1ccc(OC(F)F)c(NC(=O)c2ccc(COc3cccc(Cl)c3)o2)c1. The molecule has 0 atom stereocenters. The van der Waals surface area contributed by atoms with Gasteiger partial charge in [0.1, 0.15) is 23.9 Å². The molecule has 0 radical (unpaired) electrons. The zero-order valence-corrected chi connectivity index (χ0v) is 15.5. The zero-order valence-electron chi connectivity index (χ0n) is 14.7. The van der Waals surface area contributed by atoms with Crippen LogP contribution in [-0.2, 0) is 6.61 Å². The molecule has 1 N–H and O–H groups in total. The van der Waals surface area contributed by atoms with Gasteiger partial charge < -0.3 is 19.2 Å². The molecule has 8 heteroatoms. The summed E-state index contributed by atoms with van der Waals surface area (Å²) in [7, 11) is 0. The molecular weight excluding hydrogens is 392 g/mol. The van der Waals surface area contributed by atoms with E-state index in [0.29, 0.717) is 16.5 Å². The summed E-state index contributed by atoms with van der Waals surface area (Å²) in [4.78, 5) is 12.4. The molecule has 0 aliphatic carbocycles. The number of ether oxygens (including phenoxy) is 2. The van der Waals surface area contributed by atoms with E-state index in [4.69, 9.17) is 20.8 Å². The highest BCUT2D eigenvalue weighted by atomic mass is 35.5. The van der Waals surface area contributed by atoms with E-state index in [-0.39, 0.29) is 23.8 Å². The minimum absolute atomic E-state index is 0.00852. The van der Waals surface area contributed by atoms with Crippen molar-refractivity contribution < 1.29 is 27.5 Å². The average Bonchev–Trinajstić information content (AvgIpc) is 3.11. The van der Waals surface area contributed by atoms with Crippen molar-refractivity contribution in [1.29, 1.82) is 0 Å². The van der Waals surface area contributed by atoms with Crippen molar-refractivity contribution in [3.8, 4) is 11.5 Å². The van der Waals surface area contributed by atoms with Crippen LogP contribution in [0.1, 0.15) is 21.9 Å². The lowest BCUT2D eigenvalue weighted by Gasteiger charge is -2.12. The number of halogens is 3. The summed E-state index contributed by atoms with van der Waals surface area (Å²) >= 11 is 5.89. The second kappa shape index (κ2) is 8.75. The van der Waals surface area contributed by atoms with Gasteiger partial charge in [-0.15, -0.1) is 0 Å². The predicted molar refractivity (Wildman–Crippen MR) is 100 cm³/mol. The Hall–Kier alpha value is -3.06. The van der Waals surface area contributed by atoms with Crippen molar-refractivity contribution in [2.45, 2.75) is 20.1 Å². The highest BCUT2D eigenvalue weighted by molar-refractivity contribution is 6.30. The van der Waals surface area contributed by atoms with E-state index in [1.165, 1.54) is 18.2 Å². The number of alkyl halides is 2. The lowest BCUT2D eigenvalue weighted by molar-refractivity contribution is -0.0493. The van der Waals surface area contributed by atoms with Gasteiger partial charge in [-0.2, -0.15) is 8.78 Å². The molecule has 0 bridgehead atoms. The minimum atomic E-state index is -3.00. The van der Waals surface area contributed by atoms with E-state index >= 15 is 0 Å². The number of carbonyl (C=O) groups excluding carboxylic acids is 1. The molecule has 0 aliphatic rings. The average molecular weight is 408 g/mol. The first-order valence-corrected chi connectivity index (χ1v) is 8.62. The summed E-state index contributed by atoms with van der Waals surface area (Å²) in [5.41, 5.74) is 0.894. The Balaban J connectivity index is 1.67. The Kier molecular flexibility index (Phi) is 6.16. The van der Waals surface area contributed by atoms with Crippen LogP contribution in [0.15, 0.2) is 59.0 Å². The number of anilines is 1. The molecule has 0 spiro atoms. The van der Waals surface area contributed by atoms with Gasteiger partial charge in [0.2, 0.25) is 0 Å². The van der Waals surface area contributed by atoms with Crippen molar-refractivity contribution in [3.63, 3.8) is 0 Å². The molecular formula is C20H16ClF2NO4. The van der Waals surface area contributed by atoms with Crippen LogP contribution in [0.4, 0.5) is 14.5 Å². The second-order valence-corrected chi connectivity index (χ2v) is 6.28. The van der Waals surface area contributed by atoms with E-state index in [0.717, 1.165) is 5.56 Å². The molecule has 146 valence electrons. The standard InChI is InChI=1S/C20H16ClF2NO4/c1-12-5-7-17(28-20(22)23)16(9-12)24-19(25)18-8-6-15(27-18)11-26-14-4-2-3-13(21)10-14/h2-10,20H,11H2,1H3,(H,24,25). The maximum absolute atomic E-state index is 12.5. The van der Waals surface area contributed by atoms with E-state index in [1.807, 2.05) is 0 Å². The predicted octanol–water partition coefficient (Wildman–Crippen LogP) is 5.67. The number of amides is 1. The Morgan fingerprint density at radius 3 is 2.75 bits per heavy atom. The van der Waals surface area contributed by atoms with Gasteiger partial charge in [-0.25, -0.2) is 0 Å². The summed E-state index contributed by atoms with van der Waals surface area (Å²) in [6.45, 7) is -1.14. The number of furan rings is 1. The third-order valence-electron chi connectivity index (χ3n) is 3.66. The summed E-state index contributed by atoms with van der Waals surface area (Å²) < 4.78 is 40.5. The summed E-state index contributed by atoms with van der Waals surface area (Å²) in [5, 5.41) is 3.06. The molecule has 2 aromatic carbocycles. The smallest absolute Gasteiger partial charge is 0.387 e. The summed E-state index contributed by atoms with van der Waals surface area (Å²) in [6.07, 6.45) is 0. The number of hydrogen-bond donors (Lipinski definition) is 1. The third kappa shape index (κ3) is 5.23. The Morgan fingerprint density at radius 1 is 1.18 bits per heavy atom. The number of aryl methyl sites for hydroxylation is 1. The maximum atomic E-state index is 12.5. The first-order chi connectivity index (χ1) is 13.4. The van der Waals surface area contributed by atoms with E-state index < -0.39 is 12.5 Å². The molecule has 0 saturated heterocycles. The third-order valence-corrected chi connectivity index (χ3v) is 3.90. The maximum Gasteiger partial charge on any atom is 0.387 e. The van der Waals surface area contributed by atoms with E-state index in [1.54, 1.807) is 43.3 Å². The van der Waals surface area contributed by atoms with Crippen LogP contribution < -0.4 is 14.8 Å². The van der Waals surface area contributed by atoms with E-state index in [9.17, 15) is 13.6 Å². The first-order valence-electron chi connectivity index (χ1n) is 8.24. The molecule has 3 rings (SSSR count). The molecule has 1 heterocycles. The van der Waals surface area contributed by atoms with Gasteiger partial charge in [0.25, 0.3) is 5.91 Å². The molecule has 0 aliphatic heterocycles. The quantitative estimate of drug-likeness (QED) is 0.547. The molecule has 1 amide bonds. The van der Waals surface area contributed by atoms with Gasteiger partial charge in [-0.05, 0) is 55.0 Å². The fraction of sp³-hybridized carbons (Fsp3) is 0.150. The highest BCUT2D eigenvalue weighted by Gasteiger charge is 2.16. The van der Waals surface area contributed by atoms with Crippen molar-refractivity contribution in [3.05, 3.63) is 76.7 Å². The van der Waals surface area contributed by atoms with Crippen LogP contribution in [0, 0.1) is 6.92 Å². The fourth-order valence-corrected chi connectivity index (χ4v) is 2.59. The second-order valence-electron chi connectivity index (χ2n) is 5.84. The molecule has 0 fully saturated rings. The lowest BCUT2D eigenvalue weighted by atomic mass is 10.2. The number of hydrogen-bond acceptors (Lipinski definition) is 4. The van der Waals surface area contributed by atoms with Crippen molar-refractivity contribution in [2.75, 3.05) is 5.32 Å². The normalized spacial score (nSPS) is 10.8. The molecule has 0 unspecified atom stereocenters. The molecule has 0 saturated carbocycles. The van der Waals surface area contributed by atoms with Gasteiger partial charge in [-0.1, -0.05) is 23.7 Å². The van der Waals surface area contributed by atoms with Crippen molar-refractivity contribution in [2.24, 2.45) is 0 Å². The van der Waals surface area contributed by atoms with Crippen LogP contribution in [0.5, 0.6) is 11.5 Å². The topological polar surface area (TPSA) is 60.7 Å². The summed E-state index contributed by atoms with van der Waals surface area (Å²) in [5.74, 6) is 0.250. The van der Waals surface area contributed by atoms with Gasteiger partial charge in [0.15, 0.2) is 5.76 Å². The Bertz CT molecular complexity index is 974. The molecule has 5 nitrogen and oxygen atoms in total. The number of rotatable bonds is 7.